The van der Waals surface area contributed by atoms with E-state index >= 15 is 0 Å². The summed E-state index contributed by atoms with van der Waals surface area (Å²) in [5, 5.41) is 12.2. The minimum atomic E-state index is -1.04. The fourth-order valence-corrected chi connectivity index (χ4v) is 2.86. The Hall–Kier alpha value is -1.63. The van der Waals surface area contributed by atoms with Crippen LogP contribution in [0.15, 0.2) is 18.2 Å². The Bertz CT molecular complexity index is 681. The number of carboxylic acid groups (broad SMARTS) is 1. The molecule has 1 fully saturated rings. The molecule has 1 aliphatic carbocycles. The van der Waals surface area contributed by atoms with Gasteiger partial charge in [0, 0.05) is 23.9 Å². The zero-order chi connectivity index (χ0) is 18.6. The first-order valence-electron chi connectivity index (χ1n) is 8.06. The predicted molar refractivity (Wildman–Crippen MR) is 94.9 cm³/mol. The summed E-state index contributed by atoms with van der Waals surface area (Å²) in [6, 6.07) is 3.69. The molecule has 0 saturated heterocycles. The fraction of sp³-hybridized carbons (Fsp3) is 0.471. The van der Waals surface area contributed by atoms with Gasteiger partial charge >= 0.3 is 5.97 Å². The number of Topliss-reactive ketones (excluding diaryl/α,β-unsaturated/α-hetero) is 1. The van der Waals surface area contributed by atoms with Crippen molar-refractivity contribution in [3.8, 4) is 0 Å². The van der Waals surface area contributed by atoms with Crippen molar-refractivity contribution in [1.29, 1.82) is 0 Å². The number of carbonyl (C=O) groups excluding carboxylic acids is 2. The summed E-state index contributed by atoms with van der Waals surface area (Å²) in [4.78, 5) is 34.8. The van der Waals surface area contributed by atoms with Crippen LogP contribution in [0.4, 0.5) is 0 Å². The maximum atomic E-state index is 12.3. The van der Waals surface area contributed by atoms with Crippen LogP contribution in [0.1, 0.15) is 42.5 Å². The molecule has 0 aromatic heterocycles. The first kappa shape index (κ1) is 19.7. The maximum Gasteiger partial charge on any atom is 0.320 e. The number of carbonyl (C=O) groups is 3. The quantitative estimate of drug-likeness (QED) is 0.446. The van der Waals surface area contributed by atoms with E-state index in [1.807, 2.05) is 0 Å². The number of amides is 1. The highest BCUT2D eigenvalue weighted by atomic mass is 35.5. The molecule has 8 heteroatoms. The van der Waals surface area contributed by atoms with Gasteiger partial charge in [-0.2, -0.15) is 0 Å². The molecule has 6 nitrogen and oxygen atoms in total. The van der Waals surface area contributed by atoms with Crippen molar-refractivity contribution in [3.05, 3.63) is 33.8 Å². The lowest BCUT2D eigenvalue weighted by atomic mass is 10.1. The smallest absolute Gasteiger partial charge is 0.320 e. The number of hydrogen-bond donors (Lipinski definition) is 3. The highest BCUT2D eigenvalue weighted by Crippen LogP contribution is 2.35. The van der Waals surface area contributed by atoms with Crippen molar-refractivity contribution in [3.63, 3.8) is 0 Å². The van der Waals surface area contributed by atoms with Gasteiger partial charge in [-0.25, -0.2) is 0 Å². The topological polar surface area (TPSA) is 109 Å². The Balaban J connectivity index is 1.71. The summed E-state index contributed by atoms with van der Waals surface area (Å²) in [6.07, 6.45) is 2.36. The lowest BCUT2D eigenvalue weighted by molar-refractivity contribution is -0.138. The molecule has 1 aliphatic rings. The summed E-state index contributed by atoms with van der Waals surface area (Å²) >= 11 is 11.8. The summed E-state index contributed by atoms with van der Waals surface area (Å²) in [5.41, 5.74) is 5.88. The summed E-state index contributed by atoms with van der Waals surface area (Å²) in [7, 11) is 0. The number of carboxylic acids is 1. The monoisotopic (exact) mass is 386 g/mol. The van der Waals surface area contributed by atoms with Crippen molar-refractivity contribution in [2.24, 2.45) is 11.7 Å². The largest absolute Gasteiger partial charge is 0.480 e. The number of nitrogens with one attached hydrogen (secondary N) is 1. The molecule has 136 valence electrons. The van der Waals surface area contributed by atoms with E-state index in [1.54, 1.807) is 12.1 Å². The van der Waals surface area contributed by atoms with Crippen molar-refractivity contribution in [2.75, 3.05) is 0 Å². The molecule has 1 aromatic rings. The third-order valence-electron chi connectivity index (χ3n) is 4.16. The summed E-state index contributed by atoms with van der Waals surface area (Å²) < 4.78 is 0. The molecule has 0 spiro atoms. The van der Waals surface area contributed by atoms with Crippen molar-refractivity contribution in [1.82, 2.24) is 5.32 Å². The average molecular weight is 387 g/mol. The van der Waals surface area contributed by atoms with Crippen LogP contribution < -0.4 is 11.1 Å². The van der Waals surface area contributed by atoms with Crippen LogP contribution in [0, 0.1) is 5.92 Å². The molecule has 25 heavy (non-hydrogen) atoms. The van der Waals surface area contributed by atoms with Crippen LogP contribution in [-0.2, 0) is 9.59 Å². The van der Waals surface area contributed by atoms with Gasteiger partial charge in [0.05, 0.1) is 10.0 Å². The first-order valence-corrected chi connectivity index (χ1v) is 8.82. The predicted octanol–water partition coefficient (Wildman–Crippen LogP) is 2.65. The summed E-state index contributed by atoms with van der Waals surface area (Å²) in [5.74, 6) is -1.47. The number of benzene rings is 1. The average Bonchev–Trinajstić information content (AvgIpc) is 3.32. The molecule has 1 aromatic carbocycles. The molecule has 4 N–H and O–H groups in total. The van der Waals surface area contributed by atoms with Gasteiger partial charge < -0.3 is 16.2 Å². The zero-order valence-corrected chi connectivity index (χ0v) is 15.0. The molecule has 0 radical (unpaired) electrons. The van der Waals surface area contributed by atoms with Crippen LogP contribution in [0.5, 0.6) is 0 Å². The number of nitrogens with two attached hydrogens (primary N) is 1. The zero-order valence-electron chi connectivity index (χ0n) is 13.5. The third-order valence-corrected chi connectivity index (χ3v) is 4.90. The van der Waals surface area contributed by atoms with Gasteiger partial charge in [-0.15, -0.1) is 0 Å². The number of unbranched alkanes of at least 4 members (excludes halogenated alkanes) is 1. The van der Waals surface area contributed by atoms with E-state index in [0.717, 1.165) is 0 Å². The molecule has 1 amide bonds. The van der Waals surface area contributed by atoms with Crippen molar-refractivity contribution >= 4 is 40.9 Å². The van der Waals surface area contributed by atoms with E-state index in [9.17, 15) is 14.4 Å². The molecule has 0 bridgehead atoms. The molecule has 0 aliphatic heterocycles. The number of hydrogen-bond acceptors (Lipinski definition) is 4. The van der Waals surface area contributed by atoms with Gasteiger partial charge in [-0.05, 0) is 37.5 Å². The Kier molecular flexibility index (Phi) is 6.81. The van der Waals surface area contributed by atoms with Gasteiger partial charge in [0.2, 0.25) is 5.91 Å². The lowest BCUT2D eigenvalue weighted by Gasteiger charge is -2.07. The second-order valence-corrected chi connectivity index (χ2v) is 7.01. The van der Waals surface area contributed by atoms with E-state index in [2.05, 4.69) is 5.32 Å². The SMILES string of the molecule is N[C@@H](CCCCC(=O)N[C@H]1C[C@@H]1C(=O)c1ccc(Cl)c(Cl)c1)C(=O)O. The Morgan fingerprint density at radius 3 is 2.60 bits per heavy atom. The summed E-state index contributed by atoms with van der Waals surface area (Å²) in [6.45, 7) is 0. The second kappa shape index (κ2) is 8.65. The van der Waals surface area contributed by atoms with Crippen LogP contribution in [-0.4, -0.2) is 34.8 Å². The number of ketones is 1. The number of halogens is 2. The fourth-order valence-electron chi connectivity index (χ4n) is 2.56. The molecule has 0 unspecified atom stereocenters. The Morgan fingerprint density at radius 2 is 1.96 bits per heavy atom. The van der Waals surface area contributed by atoms with Crippen LogP contribution >= 0.6 is 23.2 Å². The van der Waals surface area contributed by atoms with E-state index in [0.29, 0.717) is 41.3 Å². The van der Waals surface area contributed by atoms with Gasteiger partial charge in [-0.1, -0.05) is 29.6 Å². The van der Waals surface area contributed by atoms with E-state index < -0.39 is 12.0 Å². The molecule has 2 rings (SSSR count). The van der Waals surface area contributed by atoms with Crippen molar-refractivity contribution < 1.29 is 19.5 Å². The Labute approximate surface area is 155 Å². The van der Waals surface area contributed by atoms with Gasteiger partial charge in [0.25, 0.3) is 0 Å². The van der Waals surface area contributed by atoms with Crippen molar-refractivity contribution in [2.45, 2.75) is 44.2 Å². The van der Waals surface area contributed by atoms with Crippen LogP contribution in [0.2, 0.25) is 10.0 Å². The normalized spacial score (nSPS) is 20.0. The Morgan fingerprint density at radius 1 is 1.24 bits per heavy atom. The highest BCUT2D eigenvalue weighted by molar-refractivity contribution is 6.42. The molecule has 3 atom stereocenters. The van der Waals surface area contributed by atoms with Crippen LogP contribution in [0.25, 0.3) is 0 Å². The minimum Gasteiger partial charge on any atom is -0.480 e. The maximum absolute atomic E-state index is 12.3. The second-order valence-electron chi connectivity index (χ2n) is 6.20. The molecular weight excluding hydrogens is 367 g/mol. The highest BCUT2D eigenvalue weighted by Gasteiger charge is 2.44. The van der Waals surface area contributed by atoms with Gasteiger partial charge in [0.1, 0.15) is 6.04 Å². The van der Waals surface area contributed by atoms with E-state index in [-0.39, 0.29) is 30.1 Å². The number of aliphatic carboxylic acids is 1. The van der Waals surface area contributed by atoms with E-state index in [4.69, 9.17) is 34.0 Å². The number of rotatable bonds is 9. The van der Waals surface area contributed by atoms with Gasteiger partial charge in [-0.3, -0.25) is 14.4 Å². The molecule has 1 saturated carbocycles. The molecular formula is C17H20Cl2N2O4. The lowest BCUT2D eigenvalue weighted by Crippen LogP contribution is -2.30. The van der Waals surface area contributed by atoms with Crippen LogP contribution in [0.3, 0.4) is 0 Å². The molecule has 0 heterocycles. The van der Waals surface area contributed by atoms with Gasteiger partial charge in [0.15, 0.2) is 5.78 Å². The minimum absolute atomic E-state index is 0.0590. The first-order chi connectivity index (χ1) is 11.8. The third kappa shape index (κ3) is 5.70. The standard InChI is InChI=1S/C17H20Cl2N2O4/c18-11-6-5-9(7-12(11)19)16(23)10-8-14(10)21-15(22)4-2-1-3-13(20)17(24)25/h5-7,10,13-14H,1-4,8,20H2,(H,21,22)(H,24,25)/t10-,13-,14-/m0/s1. The van der Waals surface area contributed by atoms with E-state index in [1.165, 1.54) is 6.07 Å².